The standard InChI is InChI=1S/C19H23ClN2O2/c1-13-7-8-18(24-13)14(2)21-15-9-11-22(12-10-15)19(23)16-5-3-4-6-17(16)20/h3-8,14-15,21H,9-12H2,1-2H3/t14-/m1/s1. The van der Waals surface area contributed by atoms with Gasteiger partial charge in [0.05, 0.1) is 16.6 Å². The maximum absolute atomic E-state index is 12.6. The van der Waals surface area contributed by atoms with Crippen LogP contribution in [-0.4, -0.2) is 29.9 Å². The minimum atomic E-state index is 0.0220. The summed E-state index contributed by atoms with van der Waals surface area (Å²) in [6, 6.07) is 11.8. The van der Waals surface area contributed by atoms with Crippen LogP contribution < -0.4 is 5.32 Å². The predicted octanol–water partition coefficient (Wildman–Crippen LogP) is 4.20. The molecule has 1 N–H and O–H groups in total. The summed E-state index contributed by atoms with van der Waals surface area (Å²) in [6.07, 6.45) is 1.86. The van der Waals surface area contributed by atoms with Gasteiger partial charge in [0.15, 0.2) is 0 Å². The lowest BCUT2D eigenvalue weighted by atomic mass is 10.0. The van der Waals surface area contributed by atoms with Gasteiger partial charge in [-0.05, 0) is 51.0 Å². The lowest BCUT2D eigenvalue weighted by Crippen LogP contribution is -2.45. The van der Waals surface area contributed by atoms with E-state index in [2.05, 4.69) is 12.2 Å². The van der Waals surface area contributed by atoms with E-state index in [0.29, 0.717) is 16.6 Å². The van der Waals surface area contributed by atoms with Crippen LogP contribution in [0.4, 0.5) is 0 Å². The van der Waals surface area contributed by atoms with Crippen LogP contribution in [0.25, 0.3) is 0 Å². The van der Waals surface area contributed by atoms with Crippen LogP contribution in [0.2, 0.25) is 5.02 Å². The molecule has 1 saturated heterocycles. The van der Waals surface area contributed by atoms with E-state index in [4.69, 9.17) is 16.0 Å². The van der Waals surface area contributed by atoms with Crippen LogP contribution in [0.5, 0.6) is 0 Å². The summed E-state index contributed by atoms with van der Waals surface area (Å²) in [4.78, 5) is 14.5. The van der Waals surface area contributed by atoms with Crippen LogP contribution in [0, 0.1) is 6.92 Å². The molecule has 1 amide bonds. The van der Waals surface area contributed by atoms with Crippen molar-refractivity contribution in [2.75, 3.05) is 13.1 Å². The second kappa shape index (κ2) is 7.41. The van der Waals surface area contributed by atoms with Gasteiger partial charge in [0.1, 0.15) is 11.5 Å². The molecular formula is C19H23ClN2O2. The molecule has 0 spiro atoms. The molecule has 5 heteroatoms. The number of piperidine rings is 1. The van der Waals surface area contributed by atoms with E-state index >= 15 is 0 Å². The SMILES string of the molecule is Cc1ccc([C@@H](C)NC2CCN(C(=O)c3ccccc3Cl)CC2)o1. The summed E-state index contributed by atoms with van der Waals surface area (Å²) in [5, 5.41) is 4.12. The summed E-state index contributed by atoms with van der Waals surface area (Å²) in [6.45, 7) is 5.55. The zero-order valence-corrected chi connectivity index (χ0v) is 14.8. The number of rotatable bonds is 4. The summed E-state index contributed by atoms with van der Waals surface area (Å²) < 4.78 is 5.68. The quantitative estimate of drug-likeness (QED) is 0.902. The van der Waals surface area contributed by atoms with Crippen molar-refractivity contribution in [1.29, 1.82) is 0 Å². The van der Waals surface area contributed by atoms with Crippen molar-refractivity contribution in [3.63, 3.8) is 0 Å². The summed E-state index contributed by atoms with van der Waals surface area (Å²) in [5.41, 5.74) is 0.588. The molecule has 2 heterocycles. The fraction of sp³-hybridized carbons (Fsp3) is 0.421. The van der Waals surface area contributed by atoms with Gasteiger partial charge in [-0.25, -0.2) is 0 Å². The van der Waals surface area contributed by atoms with Crippen molar-refractivity contribution >= 4 is 17.5 Å². The molecule has 4 nitrogen and oxygen atoms in total. The van der Waals surface area contributed by atoms with Crippen molar-refractivity contribution in [1.82, 2.24) is 10.2 Å². The molecule has 24 heavy (non-hydrogen) atoms. The first-order chi connectivity index (χ1) is 11.5. The minimum absolute atomic E-state index is 0.0220. The third-order valence-corrected chi connectivity index (χ3v) is 4.89. The molecule has 1 fully saturated rings. The Bertz CT molecular complexity index is 705. The third kappa shape index (κ3) is 3.82. The molecule has 3 rings (SSSR count). The Morgan fingerprint density at radius 1 is 1.25 bits per heavy atom. The number of aryl methyl sites for hydroxylation is 1. The summed E-state index contributed by atoms with van der Waals surface area (Å²) in [5.74, 6) is 1.91. The minimum Gasteiger partial charge on any atom is -0.465 e. The van der Waals surface area contributed by atoms with Gasteiger partial charge in [-0.3, -0.25) is 4.79 Å². The average molecular weight is 347 g/mol. The topological polar surface area (TPSA) is 45.5 Å². The largest absolute Gasteiger partial charge is 0.465 e. The lowest BCUT2D eigenvalue weighted by molar-refractivity contribution is 0.0701. The van der Waals surface area contributed by atoms with Gasteiger partial charge in [0, 0.05) is 19.1 Å². The Kier molecular flexibility index (Phi) is 5.27. The number of amides is 1. The van der Waals surface area contributed by atoms with Gasteiger partial charge in [0.25, 0.3) is 5.91 Å². The molecule has 128 valence electrons. The van der Waals surface area contributed by atoms with E-state index in [-0.39, 0.29) is 11.9 Å². The highest BCUT2D eigenvalue weighted by Crippen LogP contribution is 2.22. The molecule has 2 aromatic rings. The van der Waals surface area contributed by atoms with Gasteiger partial charge in [-0.1, -0.05) is 23.7 Å². The van der Waals surface area contributed by atoms with E-state index < -0.39 is 0 Å². The highest BCUT2D eigenvalue weighted by atomic mass is 35.5. The Morgan fingerprint density at radius 3 is 2.58 bits per heavy atom. The fourth-order valence-electron chi connectivity index (χ4n) is 3.18. The number of nitrogens with one attached hydrogen (secondary N) is 1. The first-order valence-corrected chi connectivity index (χ1v) is 8.78. The van der Waals surface area contributed by atoms with Crippen LogP contribution in [-0.2, 0) is 0 Å². The molecule has 1 aromatic carbocycles. The zero-order valence-electron chi connectivity index (χ0n) is 14.1. The number of furan rings is 1. The number of carbonyl (C=O) groups excluding carboxylic acids is 1. The van der Waals surface area contributed by atoms with Crippen LogP contribution in [0.1, 0.15) is 47.7 Å². The molecular weight excluding hydrogens is 324 g/mol. The highest BCUT2D eigenvalue weighted by molar-refractivity contribution is 6.33. The number of hydrogen-bond donors (Lipinski definition) is 1. The molecule has 1 aliphatic rings. The number of likely N-dealkylation sites (tertiary alicyclic amines) is 1. The van der Waals surface area contributed by atoms with Crippen LogP contribution >= 0.6 is 11.6 Å². The van der Waals surface area contributed by atoms with E-state index in [1.807, 2.05) is 36.1 Å². The number of halogens is 1. The van der Waals surface area contributed by atoms with Gasteiger partial charge < -0.3 is 14.6 Å². The van der Waals surface area contributed by atoms with Crippen molar-refractivity contribution in [3.8, 4) is 0 Å². The van der Waals surface area contributed by atoms with Crippen LogP contribution in [0.3, 0.4) is 0 Å². The second-order valence-corrected chi connectivity index (χ2v) is 6.79. The van der Waals surface area contributed by atoms with Crippen molar-refractivity contribution in [2.24, 2.45) is 0 Å². The first-order valence-electron chi connectivity index (χ1n) is 8.41. The molecule has 1 atom stereocenters. The third-order valence-electron chi connectivity index (χ3n) is 4.56. The molecule has 0 radical (unpaired) electrons. The Balaban J connectivity index is 1.54. The number of nitrogens with zero attached hydrogens (tertiary/aromatic N) is 1. The Morgan fingerprint density at radius 2 is 1.96 bits per heavy atom. The smallest absolute Gasteiger partial charge is 0.255 e. The first kappa shape index (κ1) is 17.1. The summed E-state index contributed by atoms with van der Waals surface area (Å²) >= 11 is 6.14. The van der Waals surface area contributed by atoms with E-state index in [9.17, 15) is 4.79 Å². The molecule has 1 aliphatic heterocycles. The monoisotopic (exact) mass is 346 g/mol. The molecule has 0 aliphatic carbocycles. The Hall–Kier alpha value is -1.78. The number of carbonyl (C=O) groups is 1. The highest BCUT2D eigenvalue weighted by Gasteiger charge is 2.26. The van der Waals surface area contributed by atoms with Crippen molar-refractivity contribution in [2.45, 2.75) is 38.8 Å². The predicted molar refractivity (Wildman–Crippen MR) is 95.4 cm³/mol. The van der Waals surface area contributed by atoms with Gasteiger partial charge >= 0.3 is 0 Å². The fourth-order valence-corrected chi connectivity index (χ4v) is 3.39. The molecule has 0 bridgehead atoms. The normalized spacial score (nSPS) is 17.0. The maximum atomic E-state index is 12.6. The Labute approximate surface area is 147 Å². The molecule has 0 saturated carbocycles. The average Bonchev–Trinajstić information content (AvgIpc) is 3.02. The lowest BCUT2D eigenvalue weighted by Gasteiger charge is -2.33. The zero-order chi connectivity index (χ0) is 17.1. The second-order valence-electron chi connectivity index (χ2n) is 6.38. The van der Waals surface area contributed by atoms with E-state index in [1.165, 1.54) is 0 Å². The molecule has 1 aromatic heterocycles. The van der Waals surface area contributed by atoms with Gasteiger partial charge in [0.2, 0.25) is 0 Å². The number of hydrogen-bond acceptors (Lipinski definition) is 3. The van der Waals surface area contributed by atoms with Gasteiger partial charge in [-0.2, -0.15) is 0 Å². The van der Waals surface area contributed by atoms with E-state index in [1.54, 1.807) is 12.1 Å². The van der Waals surface area contributed by atoms with Crippen LogP contribution in [0.15, 0.2) is 40.8 Å². The van der Waals surface area contributed by atoms with Crippen molar-refractivity contribution in [3.05, 3.63) is 58.5 Å². The number of benzene rings is 1. The van der Waals surface area contributed by atoms with E-state index in [0.717, 1.165) is 37.5 Å². The van der Waals surface area contributed by atoms with Gasteiger partial charge in [-0.15, -0.1) is 0 Å². The maximum Gasteiger partial charge on any atom is 0.255 e. The molecule has 0 unspecified atom stereocenters. The van der Waals surface area contributed by atoms with Crippen molar-refractivity contribution < 1.29 is 9.21 Å². The summed E-state index contributed by atoms with van der Waals surface area (Å²) in [7, 11) is 0.